The van der Waals surface area contributed by atoms with Gasteiger partial charge in [-0.15, -0.1) is 0 Å². The molecule has 1 aliphatic heterocycles. The fourth-order valence-corrected chi connectivity index (χ4v) is 5.22. The van der Waals surface area contributed by atoms with Crippen LogP contribution >= 0.6 is 0 Å². The molecule has 3 atom stereocenters. The Kier molecular flexibility index (Phi) is 3.47. The number of ether oxygens (including phenoxy) is 1. The van der Waals surface area contributed by atoms with Crippen LogP contribution in [0.3, 0.4) is 0 Å². The van der Waals surface area contributed by atoms with E-state index in [1.54, 1.807) is 7.11 Å². The Morgan fingerprint density at radius 1 is 1.36 bits per heavy atom. The number of phenols is 1. The number of ketones is 1. The molecule has 0 aromatic heterocycles. The van der Waals surface area contributed by atoms with Crippen molar-refractivity contribution in [1.29, 1.82) is 0 Å². The van der Waals surface area contributed by atoms with Gasteiger partial charge in [-0.2, -0.15) is 0 Å². The largest absolute Gasteiger partial charge is 0.504 e. The molecule has 0 spiro atoms. The van der Waals surface area contributed by atoms with Gasteiger partial charge < -0.3 is 14.7 Å². The monoisotopic (exact) mass is 341 g/mol. The van der Waals surface area contributed by atoms with Crippen molar-refractivity contribution in [2.45, 2.75) is 46.6 Å². The second-order valence-electron chi connectivity index (χ2n) is 8.37. The number of allylic oxidation sites excluding steroid dienone is 2. The minimum atomic E-state index is 0.166. The fourth-order valence-electron chi connectivity index (χ4n) is 5.22. The normalized spacial score (nSPS) is 31.5. The first-order chi connectivity index (χ1) is 11.8. The number of carbonyl (C=O) groups is 1. The zero-order chi connectivity index (χ0) is 18.1. The van der Waals surface area contributed by atoms with Crippen LogP contribution in [0.15, 0.2) is 23.4 Å². The Labute approximate surface area is 149 Å². The third-order valence-corrected chi connectivity index (χ3v) is 6.87. The topological polar surface area (TPSA) is 49.8 Å². The van der Waals surface area contributed by atoms with Crippen LogP contribution in [0.2, 0.25) is 0 Å². The van der Waals surface area contributed by atoms with Crippen LogP contribution in [0.1, 0.15) is 51.3 Å². The molecule has 2 fully saturated rings. The Bertz CT molecular complexity index is 793. The third-order valence-electron chi connectivity index (χ3n) is 6.87. The first-order valence-corrected chi connectivity index (χ1v) is 9.17. The number of benzene rings is 1. The quantitative estimate of drug-likeness (QED) is 0.831. The molecule has 25 heavy (non-hydrogen) atoms. The predicted molar refractivity (Wildman–Crippen MR) is 96.6 cm³/mol. The molecule has 1 N–H and O–H groups in total. The maximum absolute atomic E-state index is 12.5. The van der Waals surface area contributed by atoms with Gasteiger partial charge in [0.05, 0.1) is 13.2 Å². The lowest BCUT2D eigenvalue weighted by molar-refractivity contribution is -0.115. The average Bonchev–Trinajstić information content (AvgIpc) is 2.91. The summed E-state index contributed by atoms with van der Waals surface area (Å²) in [7, 11) is 1.58. The number of hydrogen-bond donors (Lipinski definition) is 1. The van der Waals surface area contributed by atoms with Gasteiger partial charge in [-0.05, 0) is 60.8 Å². The summed E-state index contributed by atoms with van der Waals surface area (Å²) in [5.41, 5.74) is 4.83. The molecule has 4 nitrogen and oxygen atoms in total. The van der Waals surface area contributed by atoms with Gasteiger partial charge in [0.15, 0.2) is 17.3 Å². The van der Waals surface area contributed by atoms with Crippen molar-refractivity contribution in [3.8, 4) is 11.5 Å². The first kappa shape index (κ1) is 16.5. The summed E-state index contributed by atoms with van der Waals surface area (Å²) in [6, 6.07) is 3.94. The van der Waals surface area contributed by atoms with E-state index in [2.05, 4.69) is 32.6 Å². The van der Waals surface area contributed by atoms with Crippen LogP contribution in [-0.4, -0.2) is 29.4 Å². The summed E-state index contributed by atoms with van der Waals surface area (Å²) in [6.45, 7) is 9.73. The molecule has 0 amide bonds. The van der Waals surface area contributed by atoms with E-state index in [1.807, 2.05) is 12.1 Å². The summed E-state index contributed by atoms with van der Waals surface area (Å²) in [6.07, 6.45) is 1.58. The summed E-state index contributed by atoms with van der Waals surface area (Å²) >= 11 is 0. The van der Waals surface area contributed by atoms with Crippen molar-refractivity contribution in [1.82, 2.24) is 4.90 Å². The summed E-state index contributed by atoms with van der Waals surface area (Å²) in [5, 5.41) is 10.0. The number of Topliss-reactive ketones (excluding diaryl/α,β-unsaturated/α-hetero) is 1. The van der Waals surface area contributed by atoms with Crippen molar-refractivity contribution in [3.63, 3.8) is 0 Å². The molecule has 2 unspecified atom stereocenters. The van der Waals surface area contributed by atoms with Gasteiger partial charge in [0, 0.05) is 24.2 Å². The van der Waals surface area contributed by atoms with E-state index >= 15 is 0 Å². The van der Waals surface area contributed by atoms with E-state index in [0.29, 0.717) is 29.8 Å². The maximum atomic E-state index is 12.5. The molecular formula is C21H27NO3. The lowest BCUT2D eigenvalue weighted by Gasteiger charge is -2.39. The second-order valence-corrected chi connectivity index (χ2v) is 8.37. The Hall–Kier alpha value is -1.97. The maximum Gasteiger partial charge on any atom is 0.161 e. The van der Waals surface area contributed by atoms with E-state index in [9.17, 15) is 9.90 Å². The third kappa shape index (κ3) is 2.22. The van der Waals surface area contributed by atoms with E-state index in [4.69, 9.17) is 4.74 Å². The van der Waals surface area contributed by atoms with Gasteiger partial charge in [0.1, 0.15) is 0 Å². The van der Waals surface area contributed by atoms with Crippen molar-refractivity contribution in [2.24, 2.45) is 17.3 Å². The van der Waals surface area contributed by atoms with Crippen LogP contribution in [0.4, 0.5) is 0 Å². The molecule has 2 aliphatic carbocycles. The van der Waals surface area contributed by atoms with Gasteiger partial charge in [0.2, 0.25) is 0 Å². The lowest BCUT2D eigenvalue weighted by atomic mass is 9.90. The fraction of sp³-hybridized carbons (Fsp3) is 0.571. The number of fused-ring (bicyclic) bond motifs is 2. The van der Waals surface area contributed by atoms with E-state index in [0.717, 1.165) is 24.2 Å². The highest BCUT2D eigenvalue weighted by molar-refractivity contribution is 6.01. The molecule has 1 aromatic rings. The average molecular weight is 341 g/mol. The van der Waals surface area contributed by atoms with Crippen molar-refractivity contribution >= 4 is 5.78 Å². The number of hydrogen-bond acceptors (Lipinski definition) is 4. The number of nitrogens with zero attached hydrogens (tertiary/aromatic N) is 1. The minimum absolute atomic E-state index is 0.166. The Morgan fingerprint density at radius 3 is 2.72 bits per heavy atom. The summed E-state index contributed by atoms with van der Waals surface area (Å²) in [4.78, 5) is 14.9. The first-order valence-electron chi connectivity index (χ1n) is 9.17. The summed E-state index contributed by atoms with van der Waals surface area (Å²) in [5.74, 6) is 2.02. The highest BCUT2D eigenvalue weighted by Gasteiger charge is 2.65. The van der Waals surface area contributed by atoms with E-state index < -0.39 is 0 Å². The molecule has 0 radical (unpaired) electrons. The Balaban J connectivity index is 1.71. The van der Waals surface area contributed by atoms with Crippen molar-refractivity contribution in [2.75, 3.05) is 13.7 Å². The van der Waals surface area contributed by atoms with Crippen LogP contribution in [0.5, 0.6) is 11.5 Å². The SMILES string of the molecule is COc1cc2c(cc1O)CCN(/C(C)=C1\C(=O)CC3C1C3(C)C)[C@H]2C. The lowest BCUT2D eigenvalue weighted by Crippen LogP contribution is -2.34. The molecule has 1 heterocycles. The molecule has 0 saturated heterocycles. The smallest absolute Gasteiger partial charge is 0.161 e. The van der Waals surface area contributed by atoms with Crippen LogP contribution in [0, 0.1) is 17.3 Å². The standard InChI is InChI=1S/C21H27NO3/c1-11-14-9-18(25-5)16(23)8-13(14)6-7-22(11)12(2)19-17(24)10-15-20(19)21(15,3)4/h8-9,11,15,20,23H,6-7,10H2,1-5H3/b19-12+/t11-,15?,20?/m0/s1. The van der Waals surface area contributed by atoms with Crippen molar-refractivity contribution in [3.05, 3.63) is 34.5 Å². The zero-order valence-electron chi connectivity index (χ0n) is 15.7. The van der Waals surface area contributed by atoms with E-state index in [1.165, 1.54) is 11.1 Å². The number of phenolic OH excluding ortho intramolecular Hbond substituents is 1. The van der Waals surface area contributed by atoms with Gasteiger partial charge in [-0.25, -0.2) is 0 Å². The summed E-state index contributed by atoms with van der Waals surface area (Å²) < 4.78 is 5.29. The molecule has 3 aliphatic rings. The minimum Gasteiger partial charge on any atom is -0.504 e. The number of aromatic hydroxyl groups is 1. The van der Waals surface area contributed by atoms with Gasteiger partial charge in [-0.3, -0.25) is 4.79 Å². The predicted octanol–water partition coefficient (Wildman–Crippen LogP) is 3.84. The molecule has 2 saturated carbocycles. The highest BCUT2D eigenvalue weighted by Crippen LogP contribution is 2.68. The van der Waals surface area contributed by atoms with Crippen LogP contribution < -0.4 is 4.74 Å². The molecular weight excluding hydrogens is 314 g/mol. The number of carbonyl (C=O) groups excluding carboxylic acids is 1. The van der Waals surface area contributed by atoms with Crippen LogP contribution in [-0.2, 0) is 11.2 Å². The number of rotatable bonds is 2. The van der Waals surface area contributed by atoms with E-state index in [-0.39, 0.29) is 17.2 Å². The molecule has 4 heteroatoms. The zero-order valence-corrected chi connectivity index (χ0v) is 15.7. The van der Waals surface area contributed by atoms with Gasteiger partial charge in [0.25, 0.3) is 0 Å². The molecule has 1 aromatic carbocycles. The highest BCUT2D eigenvalue weighted by atomic mass is 16.5. The molecule has 0 bridgehead atoms. The van der Waals surface area contributed by atoms with Gasteiger partial charge in [-0.1, -0.05) is 13.8 Å². The molecule has 134 valence electrons. The van der Waals surface area contributed by atoms with Gasteiger partial charge >= 0.3 is 0 Å². The number of methoxy groups -OCH3 is 1. The molecule has 4 rings (SSSR count). The second kappa shape index (κ2) is 5.26. The van der Waals surface area contributed by atoms with Crippen LogP contribution in [0.25, 0.3) is 0 Å². The van der Waals surface area contributed by atoms with Crippen molar-refractivity contribution < 1.29 is 14.6 Å². The Morgan fingerprint density at radius 2 is 2.08 bits per heavy atom.